The standard InChI is InChI=1S/C20H27F4N3O2/c1-13-8-15(10-16(21)9-13)18(29)25-11-14-4-6-27(7-5-14)12-17(28)26-19(2,3)20(22,23)24/h8-10,14H,4-7,11-12H2,1-3H3,(H,25,29)(H,26,28). The van der Waals surface area contributed by atoms with E-state index in [1.807, 2.05) is 5.32 Å². The van der Waals surface area contributed by atoms with Crippen molar-refractivity contribution in [1.82, 2.24) is 15.5 Å². The number of piperidine rings is 1. The lowest BCUT2D eigenvalue weighted by Crippen LogP contribution is -2.56. The highest BCUT2D eigenvalue weighted by Crippen LogP contribution is 2.29. The van der Waals surface area contributed by atoms with Crippen LogP contribution in [0.2, 0.25) is 0 Å². The number of hydrogen-bond donors (Lipinski definition) is 2. The predicted molar refractivity (Wildman–Crippen MR) is 101 cm³/mol. The van der Waals surface area contributed by atoms with Crippen LogP contribution in [0, 0.1) is 18.7 Å². The first-order chi connectivity index (χ1) is 13.4. The first kappa shape index (κ1) is 23.1. The molecule has 0 saturated carbocycles. The van der Waals surface area contributed by atoms with Crippen LogP contribution in [0.3, 0.4) is 0 Å². The average Bonchev–Trinajstić information content (AvgIpc) is 2.58. The van der Waals surface area contributed by atoms with Crippen molar-refractivity contribution in [3.63, 3.8) is 0 Å². The maximum atomic E-state index is 13.4. The molecule has 1 aliphatic rings. The van der Waals surface area contributed by atoms with E-state index in [2.05, 4.69) is 5.32 Å². The Labute approximate surface area is 167 Å². The van der Waals surface area contributed by atoms with Crippen LogP contribution in [0.4, 0.5) is 17.6 Å². The number of benzene rings is 1. The number of nitrogens with one attached hydrogen (secondary N) is 2. The Balaban J connectivity index is 1.75. The summed E-state index contributed by atoms with van der Waals surface area (Å²) in [7, 11) is 0. The molecule has 0 unspecified atom stereocenters. The van der Waals surface area contributed by atoms with E-state index < -0.39 is 23.4 Å². The highest BCUT2D eigenvalue weighted by atomic mass is 19.4. The van der Waals surface area contributed by atoms with Crippen molar-refractivity contribution in [2.24, 2.45) is 5.92 Å². The SMILES string of the molecule is Cc1cc(F)cc(C(=O)NCC2CCN(CC(=O)NC(C)(C)C(F)(F)F)CC2)c1. The number of carbonyl (C=O) groups is 2. The van der Waals surface area contributed by atoms with Crippen molar-refractivity contribution in [2.45, 2.75) is 45.3 Å². The number of hydrogen-bond acceptors (Lipinski definition) is 3. The normalized spacial score (nSPS) is 16.5. The molecular formula is C20H27F4N3O2. The molecule has 2 amide bonds. The van der Waals surface area contributed by atoms with Crippen molar-refractivity contribution >= 4 is 11.8 Å². The van der Waals surface area contributed by atoms with Crippen LogP contribution in [0.25, 0.3) is 0 Å². The summed E-state index contributed by atoms with van der Waals surface area (Å²) in [6.45, 7) is 5.01. The molecule has 1 aliphatic heterocycles. The second kappa shape index (κ2) is 9.11. The first-order valence-electron chi connectivity index (χ1n) is 9.53. The Morgan fingerprint density at radius 2 is 1.76 bits per heavy atom. The Morgan fingerprint density at radius 3 is 2.31 bits per heavy atom. The number of amides is 2. The molecule has 5 nitrogen and oxygen atoms in total. The molecule has 0 radical (unpaired) electrons. The van der Waals surface area contributed by atoms with Crippen LogP contribution in [0.15, 0.2) is 18.2 Å². The molecule has 1 aromatic carbocycles. The maximum absolute atomic E-state index is 13.4. The van der Waals surface area contributed by atoms with Crippen molar-refractivity contribution in [3.8, 4) is 0 Å². The van der Waals surface area contributed by atoms with Crippen LogP contribution < -0.4 is 10.6 Å². The number of carbonyl (C=O) groups excluding carboxylic acids is 2. The topological polar surface area (TPSA) is 61.4 Å². The van der Waals surface area contributed by atoms with Gasteiger partial charge < -0.3 is 10.6 Å². The highest BCUT2D eigenvalue weighted by molar-refractivity contribution is 5.94. The van der Waals surface area contributed by atoms with Gasteiger partial charge in [0.15, 0.2) is 0 Å². The fourth-order valence-electron chi connectivity index (χ4n) is 3.22. The predicted octanol–water partition coefficient (Wildman–Crippen LogP) is 3.03. The molecule has 0 bridgehead atoms. The second-order valence-corrected chi connectivity index (χ2v) is 8.12. The van der Waals surface area contributed by atoms with E-state index in [0.29, 0.717) is 38.0 Å². The van der Waals surface area contributed by atoms with Gasteiger partial charge in [0.1, 0.15) is 11.4 Å². The Bertz CT molecular complexity index is 721. The minimum Gasteiger partial charge on any atom is -0.352 e. The maximum Gasteiger partial charge on any atom is 0.410 e. The van der Waals surface area contributed by atoms with Crippen LogP contribution in [0.1, 0.15) is 42.6 Å². The zero-order valence-corrected chi connectivity index (χ0v) is 16.8. The summed E-state index contributed by atoms with van der Waals surface area (Å²) in [6.07, 6.45) is -3.11. The van der Waals surface area contributed by atoms with Gasteiger partial charge in [-0.25, -0.2) is 4.39 Å². The average molecular weight is 417 g/mol. The van der Waals surface area contributed by atoms with E-state index in [4.69, 9.17) is 0 Å². The summed E-state index contributed by atoms with van der Waals surface area (Å²) in [6, 6.07) is 4.15. The number of alkyl halides is 3. The molecule has 9 heteroatoms. The third-order valence-corrected chi connectivity index (χ3v) is 5.09. The summed E-state index contributed by atoms with van der Waals surface area (Å²) in [5.74, 6) is -1.28. The highest BCUT2D eigenvalue weighted by Gasteiger charge is 2.48. The fraction of sp³-hybridized carbons (Fsp3) is 0.600. The van der Waals surface area contributed by atoms with Crippen LogP contribution in [-0.2, 0) is 4.79 Å². The van der Waals surface area contributed by atoms with Gasteiger partial charge in [0.05, 0.1) is 6.54 Å². The van der Waals surface area contributed by atoms with Gasteiger partial charge in [-0.05, 0) is 76.4 Å². The third kappa shape index (κ3) is 6.69. The first-order valence-corrected chi connectivity index (χ1v) is 9.53. The van der Waals surface area contributed by atoms with Gasteiger partial charge in [-0.2, -0.15) is 13.2 Å². The molecule has 1 fully saturated rings. The van der Waals surface area contributed by atoms with E-state index >= 15 is 0 Å². The summed E-state index contributed by atoms with van der Waals surface area (Å²) in [5, 5.41) is 4.83. The van der Waals surface area contributed by atoms with Gasteiger partial charge in [0.25, 0.3) is 5.91 Å². The van der Waals surface area contributed by atoms with E-state index in [0.717, 1.165) is 13.8 Å². The Hall–Kier alpha value is -2.16. The zero-order valence-electron chi connectivity index (χ0n) is 16.8. The van der Waals surface area contributed by atoms with Crippen molar-refractivity contribution in [3.05, 3.63) is 35.1 Å². The number of halogens is 4. The van der Waals surface area contributed by atoms with Crippen LogP contribution >= 0.6 is 0 Å². The van der Waals surface area contributed by atoms with E-state index in [-0.39, 0.29) is 23.9 Å². The molecule has 2 rings (SSSR count). The summed E-state index contributed by atoms with van der Waals surface area (Å²) < 4.78 is 52.0. The molecule has 1 aromatic rings. The summed E-state index contributed by atoms with van der Waals surface area (Å²) in [5.41, 5.74) is -1.35. The van der Waals surface area contributed by atoms with Gasteiger partial charge >= 0.3 is 6.18 Å². The zero-order chi connectivity index (χ0) is 21.8. The minimum atomic E-state index is -4.52. The van der Waals surface area contributed by atoms with Gasteiger partial charge in [-0.3, -0.25) is 14.5 Å². The number of aryl methyl sites for hydroxylation is 1. The van der Waals surface area contributed by atoms with E-state index in [1.54, 1.807) is 17.9 Å². The molecule has 1 heterocycles. The largest absolute Gasteiger partial charge is 0.410 e. The van der Waals surface area contributed by atoms with Gasteiger partial charge in [-0.1, -0.05) is 0 Å². The number of nitrogens with zero attached hydrogens (tertiary/aromatic N) is 1. The lowest BCUT2D eigenvalue weighted by Gasteiger charge is -2.33. The molecule has 2 N–H and O–H groups in total. The van der Waals surface area contributed by atoms with Gasteiger partial charge in [0.2, 0.25) is 5.91 Å². The van der Waals surface area contributed by atoms with E-state index in [1.165, 1.54) is 12.1 Å². The van der Waals surface area contributed by atoms with Gasteiger partial charge in [0, 0.05) is 12.1 Å². The monoisotopic (exact) mass is 417 g/mol. The van der Waals surface area contributed by atoms with Crippen LogP contribution in [0.5, 0.6) is 0 Å². The molecule has 29 heavy (non-hydrogen) atoms. The molecule has 0 atom stereocenters. The summed E-state index contributed by atoms with van der Waals surface area (Å²) in [4.78, 5) is 25.9. The second-order valence-electron chi connectivity index (χ2n) is 8.12. The van der Waals surface area contributed by atoms with Crippen LogP contribution in [-0.4, -0.2) is 54.6 Å². The quantitative estimate of drug-likeness (QED) is 0.700. The fourth-order valence-corrected chi connectivity index (χ4v) is 3.22. The molecule has 0 aromatic heterocycles. The molecular weight excluding hydrogens is 390 g/mol. The molecule has 1 saturated heterocycles. The third-order valence-electron chi connectivity index (χ3n) is 5.09. The van der Waals surface area contributed by atoms with Crippen molar-refractivity contribution in [2.75, 3.05) is 26.2 Å². The molecule has 0 spiro atoms. The molecule has 162 valence electrons. The Morgan fingerprint density at radius 1 is 1.14 bits per heavy atom. The number of likely N-dealkylation sites (tertiary alicyclic amines) is 1. The number of rotatable bonds is 6. The lowest BCUT2D eigenvalue weighted by molar-refractivity contribution is -0.188. The van der Waals surface area contributed by atoms with Gasteiger partial charge in [-0.15, -0.1) is 0 Å². The van der Waals surface area contributed by atoms with Crippen molar-refractivity contribution < 1.29 is 27.2 Å². The lowest BCUT2D eigenvalue weighted by atomic mass is 9.96. The smallest absolute Gasteiger partial charge is 0.352 e. The van der Waals surface area contributed by atoms with E-state index in [9.17, 15) is 27.2 Å². The van der Waals surface area contributed by atoms with Crippen molar-refractivity contribution in [1.29, 1.82) is 0 Å². The summed E-state index contributed by atoms with van der Waals surface area (Å²) >= 11 is 0. The molecule has 0 aliphatic carbocycles. The minimum absolute atomic E-state index is 0.0961. The Kier molecular flexibility index (Phi) is 7.26.